The van der Waals surface area contributed by atoms with Gasteiger partial charge >= 0.3 is 0 Å². The summed E-state index contributed by atoms with van der Waals surface area (Å²) in [5.41, 5.74) is 0.489. The number of β-amino-alcohol motifs (C(OH)–C–C–N with tert-alkyl or cyclic N) is 1. The molecule has 0 bridgehead atoms. The van der Waals surface area contributed by atoms with Gasteiger partial charge in [-0.15, -0.1) is 0 Å². The number of aromatic nitrogens is 1. The SMILES string of the molecule is O=C1CC(O)CN1c1ccc(Cl)nc1Cl. The third-order valence-corrected chi connectivity index (χ3v) is 2.68. The minimum absolute atomic E-state index is 0.124. The second-order valence-electron chi connectivity index (χ2n) is 3.31. The van der Waals surface area contributed by atoms with E-state index in [4.69, 9.17) is 23.2 Å². The Hall–Kier alpha value is -0.840. The first kappa shape index (κ1) is 10.7. The molecule has 1 amide bonds. The van der Waals surface area contributed by atoms with Crippen molar-refractivity contribution in [3.63, 3.8) is 0 Å². The van der Waals surface area contributed by atoms with Crippen LogP contribution in [0, 0.1) is 0 Å². The highest BCUT2D eigenvalue weighted by Crippen LogP contribution is 2.29. The van der Waals surface area contributed by atoms with Crippen molar-refractivity contribution in [2.24, 2.45) is 0 Å². The molecule has 1 aliphatic rings. The Kier molecular flexibility index (Phi) is 2.82. The van der Waals surface area contributed by atoms with Crippen LogP contribution in [-0.2, 0) is 4.79 Å². The molecule has 1 aromatic rings. The van der Waals surface area contributed by atoms with Gasteiger partial charge in [-0.2, -0.15) is 0 Å². The lowest BCUT2D eigenvalue weighted by Gasteiger charge is -2.16. The monoisotopic (exact) mass is 246 g/mol. The first-order valence-electron chi connectivity index (χ1n) is 4.38. The van der Waals surface area contributed by atoms with E-state index >= 15 is 0 Å². The third kappa shape index (κ3) is 2.07. The summed E-state index contributed by atoms with van der Waals surface area (Å²) in [4.78, 5) is 16.7. The number of halogens is 2. The lowest BCUT2D eigenvalue weighted by molar-refractivity contribution is -0.117. The largest absolute Gasteiger partial charge is 0.391 e. The van der Waals surface area contributed by atoms with E-state index < -0.39 is 6.10 Å². The van der Waals surface area contributed by atoms with Crippen LogP contribution in [-0.4, -0.2) is 28.6 Å². The van der Waals surface area contributed by atoms with E-state index in [1.807, 2.05) is 0 Å². The minimum Gasteiger partial charge on any atom is -0.391 e. The van der Waals surface area contributed by atoms with Crippen LogP contribution in [0.25, 0.3) is 0 Å². The molecule has 4 nitrogen and oxygen atoms in total. The molecule has 6 heteroatoms. The summed E-state index contributed by atoms with van der Waals surface area (Å²) >= 11 is 11.5. The van der Waals surface area contributed by atoms with E-state index in [2.05, 4.69) is 4.98 Å². The highest BCUT2D eigenvalue weighted by Gasteiger charge is 2.30. The Morgan fingerprint density at radius 3 is 2.73 bits per heavy atom. The lowest BCUT2D eigenvalue weighted by Crippen LogP contribution is -2.25. The van der Waals surface area contributed by atoms with Gasteiger partial charge in [0, 0.05) is 0 Å². The highest BCUT2D eigenvalue weighted by atomic mass is 35.5. The number of nitrogens with zero attached hydrogens (tertiary/aromatic N) is 2. The molecule has 1 atom stereocenters. The van der Waals surface area contributed by atoms with E-state index in [0.717, 1.165) is 0 Å². The van der Waals surface area contributed by atoms with Crippen molar-refractivity contribution >= 4 is 34.8 Å². The molecule has 1 aliphatic heterocycles. The molecule has 0 aliphatic carbocycles. The van der Waals surface area contributed by atoms with Crippen LogP contribution in [0.3, 0.4) is 0 Å². The third-order valence-electron chi connectivity index (χ3n) is 2.19. The number of aliphatic hydroxyl groups excluding tert-OH is 1. The van der Waals surface area contributed by atoms with Gasteiger partial charge in [0.2, 0.25) is 5.91 Å². The van der Waals surface area contributed by atoms with Crippen LogP contribution in [0.5, 0.6) is 0 Å². The van der Waals surface area contributed by atoms with E-state index in [0.29, 0.717) is 5.69 Å². The Balaban J connectivity index is 2.34. The number of carbonyl (C=O) groups is 1. The van der Waals surface area contributed by atoms with Crippen LogP contribution in [0.15, 0.2) is 12.1 Å². The fourth-order valence-corrected chi connectivity index (χ4v) is 1.97. The maximum absolute atomic E-state index is 11.5. The van der Waals surface area contributed by atoms with Gasteiger partial charge in [0.15, 0.2) is 5.15 Å². The van der Waals surface area contributed by atoms with Gasteiger partial charge < -0.3 is 10.0 Å². The fourth-order valence-electron chi connectivity index (χ4n) is 1.53. The summed E-state index contributed by atoms with van der Waals surface area (Å²) < 4.78 is 0. The molecule has 0 spiro atoms. The summed E-state index contributed by atoms with van der Waals surface area (Å²) in [5, 5.41) is 9.77. The van der Waals surface area contributed by atoms with Crippen molar-refractivity contribution in [2.75, 3.05) is 11.4 Å². The molecule has 0 saturated carbocycles. The summed E-state index contributed by atoms with van der Waals surface area (Å²) in [6, 6.07) is 3.17. The number of anilines is 1. The van der Waals surface area contributed by atoms with E-state index in [9.17, 15) is 9.90 Å². The topological polar surface area (TPSA) is 53.4 Å². The van der Waals surface area contributed by atoms with Gasteiger partial charge in [0.05, 0.1) is 24.8 Å². The second kappa shape index (κ2) is 3.96. The number of rotatable bonds is 1. The quantitative estimate of drug-likeness (QED) is 0.765. The molecule has 1 aromatic heterocycles. The molecular formula is C9H8Cl2N2O2. The van der Waals surface area contributed by atoms with Gasteiger partial charge in [0.1, 0.15) is 5.15 Å². The van der Waals surface area contributed by atoms with Crippen LogP contribution in [0.4, 0.5) is 5.69 Å². The molecule has 2 heterocycles. The number of pyridine rings is 1. The van der Waals surface area contributed by atoms with Gasteiger partial charge in [0.25, 0.3) is 0 Å². The predicted molar refractivity (Wildman–Crippen MR) is 57.2 cm³/mol. The first-order valence-corrected chi connectivity index (χ1v) is 5.14. The maximum atomic E-state index is 11.5. The summed E-state index contributed by atoms with van der Waals surface area (Å²) in [7, 11) is 0. The van der Waals surface area contributed by atoms with Crippen molar-refractivity contribution in [3.05, 3.63) is 22.4 Å². The summed E-state index contributed by atoms with van der Waals surface area (Å²) in [6.07, 6.45) is -0.511. The highest BCUT2D eigenvalue weighted by molar-refractivity contribution is 6.34. The van der Waals surface area contributed by atoms with Crippen molar-refractivity contribution in [2.45, 2.75) is 12.5 Å². The zero-order valence-corrected chi connectivity index (χ0v) is 9.16. The van der Waals surface area contributed by atoms with Crippen LogP contribution in [0.2, 0.25) is 10.3 Å². The van der Waals surface area contributed by atoms with E-state index in [1.54, 1.807) is 12.1 Å². The van der Waals surface area contributed by atoms with E-state index in [1.165, 1.54) is 4.90 Å². The van der Waals surface area contributed by atoms with Gasteiger partial charge in [-0.05, 0) is 12.1 Å². The average Bonchev–Trinajstić information content (AvgIpc) is 2.45. The number of carbonyl (C=O) groups excluding carboxylic acids is 1. The molecule has 0 aromatic carbocycles. The molecule has 1 fully saturated rings. The number of amides is 1. The lowest BCUT2D eigenvalue weighted by atomic mass is 10.3. The normalized spacial score (nSPS) is 21.1. The maximum Gasteiger partial charge on any atom is 0.229 e. The molecular weight excluding hydrogens is 239 g/mol. The number of aliphatic hydroxyl groups is 1. The van der Waals surface area contributed by atoms with Crippen molar-refractivity contribution in [1.82, 2.24) is 4.98 Å². The molecule has 1 unspecified atom stereocenters. The Morgan fingerprint density at radius 1 is 1.47 bits per heavy atom. The molecule has 1 N–H and O–H groups in total. The van der Waals surface area contributed by atoms with Crippen molar-refractivity contribution in [3.8, 4) is 0 Å². The second-order valence-corrected chi connectivity index (χ2v) is 4.05. The standard InChI is InChI=1S/C9H8Cl2N2O2/c10-7-2-1-6(9(11)12-7)13-4-5(14)3-8(13)15/h1-2,5,14H,3-4H2. The fraction of sp³-hybridized carbons (Fsp3) is 0.333. The average molecular weight is 247 g/mol. The summed E-state index contributed by atoms with van der Waals surface area (Å²) in [5.74, 6) is -0.159. The Labute approximate surface area is 96.4 Å². The minimum atomic E-state index is -0.635. The Bertz CT molecular complexity index is 411. The molecule has 15 heavy (non-hydrogen) atoms. The number of hydrogen-bond donors (Lipinski definition) is 1. The van der Waals surface area contributed by atoms with Crippen LogP contribution in [0.1, 0.15) is 6.42 Å². The molecule has 2 rings (SSSR count). The van der Waals surface area contributed by atoms with Crippen LogP contribution < -0.4 is 4.90 Å². The number of hydrogen-bond acceptors (Lipinski definition) is 3. The van der Waals surface area contributed by atoms with Gasteiger partial charge in [-0.1, -0.05) is 23.2 Å². The van der Waals surface area contributed by atoms with Crippen molar-refractivity contribution < 1.29 is 9.90 Å². The predicted octanol–water partition coefficient (Wildman–Crippen LogP) is 1.49. The smallest absolute Gasteiger partial charge is 0.229 e. The first-order chi connectivity index (χ1) is 7.08. The molecule has 0 radical (unpaired) electrons. The van der Waals surface area contributed by atoms with Crippen LogP contribution >= 0.6 is 23.2 Å². The van der Waals surface area contributed by atoms with Gasteiger partial charge in [-0.25, -0.2) is 4.98 Å². The molecule has 80 valence electrons. The Morgan fingerprint density at radius 2 is 2.20 bits per heavy atom. The summed E-state index contributed by atoms with van der Waals surface area (Å²) in [6.45, 7) is 0.252. The van der Waals surface area contributed by atoms with E-state index in [-0.39, 0.29) is 29.2 Å². The zero-order chi connectivity index (χ0) is 11.0. The zero-order valence-electron chi connectivity index (χ0n) is 7.65. The van der Waals surface area contributed by atoms with Gasteiger partial charge in [-0.3, -0.25) is 4.79 Å². The van der Waals surface area contributed by atoms with Crippen molar-refractivity contribution in [1.29, 1.82) is 0 Å². The molecule has 1 saturated heterocycles.